The largest absolute Gasteiger partial charge is 0.315 e. The molecule has 0 spiro atoms. The number of nitrogens with zero attached hydrogens (tertiary/aromatic N) is 1. The molecule has 1 aromatic heterocycles. The van der Waals surface area contributed by atoms with Crippen LogP contribution < -0.4 is 5.32 Å². The zero-order chi connectivity index (χ0) is 10.3. The van der Waals surface area contributed by atoms with Gasteiger partial charge in [-0.3, -0.25) is 0 Å². The van der Waals surface area contributed by atoms with Crippen molar-refractivity contribution < 1.29 is 0 Å². The summed E-state index contributed by atoms with van der Waals surface area (Å²) in [7, 11) is 0. The van der Waals surface area contributed by atoms with Crippen LogP contribution in [0, 0.1) is 0 Å². The molecule has 3 heteroatoms. The van der Waals surface area contributed by atoms with Gasteiger partial charge in [0.05, 0.1) is 5.69 Å². The number of aromatic nitrogens is 1. The lowest BCUT2D eigenvalue weighted by Gasteiger charge is -2.27. The quantitative estimate of drug-likeness (QED) is 0.745. The van der Waals surface area contributed by atoms with Crippen molar-refractivity contribution in [1.29, 1.82) is 0 Å². The number of hydrogen-bond acceptors (Lipinski definition) is 2. The zero-order valence-corrected chi connectivity index (χ0v) is 8.96. The van der Waals surface area contributed by atoms with Gasteiger partial charge in [-0.2, -0.15) is 0 Å². The summed E-state index contributed by atoms with van der Waals surface area (Å²) in [6, 6.07) is 10.2. The summed E-state index contributed by atoms with van der Waals surface area (Å²) in [5, 5.41) is 6.26. The minimum atomic E-state index is 0.522. The fraction of sp³-hybridized carbons (Fsp3) is 0.250. The van der Waals surface area contributed by atoms with E-state index in [9.17, 15) is 0 Å². The molecule has 1 aliphatic rings. The smallest absolute Gasteiger partial charge is 0.129 e. The fourth-order valence-electron chi connectivity index (χ4n) is 1.99. The highest BCUT2D eigenvalue weighted by Crippen LogP contribution is 2.28. The van der Waals surface area contributed by atoms with E-state index in [1.54, 1.807) is 0 Å². The van der Waals surface area contributed by atoms with Gasteiger partial charge >= 0.3 is 0 Å². The first-order chi connectivity index (χ1) is 7.34. The summed E-state index contributed by atoms with van der Waals surface area (Å²) < 4.78 is 0. The molecule has 0 bridgehead atoms. The molecule has 0 atom stereocenters. The van der Waals surface area contributed by atoms with Crippen LogP contribution in [0.2, 0.25) is 5.15 Å². The lowest BCUT2D eigenvalue weighted by atomic mass is 9.94. The summed E-state index contributed by atoms with van der Waals surface area (Å²) in [5.74, 6) is 0.522. The second-order valence-corrected chi connectivity index (χ2v) is 4.29. The third-order valence-corrected chi connectivity index (χ3v) is 3.10. The Kier molecular flexibility index (Phi) is 2.11. The predicted octanol–water partition coefficient (Wildman–Crippen LogP) is 2.58. The summed E-state index contributed by atoms with van der Waals surface area (Å²) >= 11 is 6.02. The van der Waals surface area contributed by atoms with E-state index in [0.717, 1.165) is 18.8 Å². The Morgan fingerprint density at radius 2 is 2.07 bits per heavy atom. The van der Waals surface area contributed by atoms with Gasteiger partial charge in [-0.15, -0.1) is 0 Å². The summed E-state index contributed by atoms with van der Waals surface area (Å²) in [6.45, 7) is 2.02. The van der Waals surface area contributed by atoms with Crippen LogP contribution in [0.1, 0.15) is 11.6 Å². The molecule has 0 saturated carbocycles. The molecular formula is C12H11ClN2. The Balaban J connectivity index is 2.25. The van der Waals surface area contributed by atoms with Gasteiger partial charge in [0.15, 0.2) is 0 Å². The van der Waals surface area contributed by atoms with Crippen molar-refractivity contribution in [3.63, 3.8) is 0 Å². The van der Waals surface area contributed by atoms with E-state index in [1.807, 2.05) is 18.2 Å². The number of halogens is 1. The van der Waals surface area contributed by atoms with Crippen LogP contribution in [0.15, 0.2) is 30.3 Å². The standard InChI is InChI=1S/C12H11ClN2/c13-11-5-8-3-1-2-4-10(8)12(15-11)9-6-14-7-9/h1-5,9,14H,6-7H2. The normalized spacial score (nSPS) is 16.6. The van der Waals surface area contributed by atoms with Gasteiger partial charge in [-0.1, -0.05) is 35.9 Å². The first-order valence-electron chi connectivity index (χ1n) is 5.10. The Morgan fingerprint density at radius 3 is 2.80 bits per heavy atom. The second kappa shape index (κ2) is 3.47. The van der Waals surface area contributed by atoms with Crippen molar-refractivity contribution in [2.24, 2.45) is 0 Å². The summed E-state index contributed by atoms with van der Waals surface area (Å²) in [5.41, 5.74) is 1.14. The highest BCUT2D eigenvalue weighted by Gasteiger charge is 2.22. The van der Waals surface area contributed by atoms with Crippen LogP contribution in [0.25, 0.3) is 10.8 Å². The van der Waals surface area contributed by atoms with Crippen LogP contribution in [0.3, 0.4) is 0 Å². The van der Waals surface area contributed by atoms with E-state index in [1.165, 1.54) is 10.8 Å². The molecule has 76 valence electrons. The number of pyridine rings is 1. The van der Waals surface area contributed by atoms with Crippen LogP contribution in [0.5, 0.6) is 0 Å². The molecule has 0 unspecified atom stereocenters. The van der Waals surface area contributed by atoms with Crippen molar-refractivity contribution in [2.75, 3.05) is 13.1 Å². The molecule has 1 aliphatic heterocycles. The van der Waals surface area contributed by atoms with E-state index in [4.69, 9.17) is 11.6 Å². The minimum Gasteiger partial charge on any atom is -0.315 e. The highest BCUT2D eigenvalue weighted by molar-refractivity contribution is 6.30. The second-order valence-electron chi connectivity index (χ2n) is 3.91. The van der Waals surface area contributed by atoms with Gasteiger partial charge in [-0.05, 0) is 11.5 Å². The summed E-state index contributed by atoms with van der Waals surface area (Å²) in [4.78, 5) is 4.45. The molecule has 2 heterocycles. The SMILES string of the molecule is Clc1cc2ccccc2c(C2CNC2)n1. The van der Waals surface area contributed by atoms with Gasteiger partial charge in [0.2, 0.25) is 0 Å². The molecule has 2 nitrogen and oxygen atoms in total. The van der Waals surface area contributed by atoms with Crippen molar-refractivity contribution in [3.8, 4) is 0 Å². The Morgan fingerprint density at radius 1 is 1.27 bits per heavy atom. The molecule has 1 N–H and O–H groups in total. The van der Waals surface area contributed by atoms with Crippen molar-refractivity contribution in [2.45, 2.75) is 5.92 Å². The van der Waals surface area contributed by atoms with Crippen molar-refractivity contribution in [1.82, 2.24) is 10.3 Å². The molecule has 3 rings (SSSR count). The minimum absolute atomic E-state index is 0.522. The lowest BCUT2D eigenvalue weighted by molar-refractivity contribution is 0.443. The van der Waals surface area contributed by atoms with E-state index in [2.05, 4.69) is 22.4 Å². The predicted molar refractivity (Wildman–Crippen MR) is 62.4 cm³/mol. The van der Waals surface area contributed by atoms with Crippen LogP contribution >= 0.6 is 11.6 Å². The molecule has 0 radical (unpaired) electrons. The monoisotopic (exact) mass is 218 g/mol. The van der Waals surface area contributed by atoms with Crippen molar-refractivity contribution >= 4 is 22.4 Å². The molecular weight excluding hydrogens is 208 g/mol. The molecule has 0 amide bonds. The Hall–Kier alpha value is -1.12. The van der Waals surface area contributed by atoms with Gasteiger partial charge in [-0.25, -0.2) is 4.98 Å². The Labute approximate surface area is 93.3 Å². The van der Waals surface area contributed by atoms with Crippen LogP contribution in [-0.4, -0.2) is 18.1 Å². The first-order valence-corrected chi connectivity index (χ1v) is 5.48. The van der Waals surface area contributed by atoms with Crippen LogP contribution in [-0.2, 0) is 0 Å². The highest BCUT2D eigenvalue weighted by atomic mass is 35.5. The van der Waals surface area contributed by atoms with E-state index in [0.29, 0.717) is 11.1 Å². The third-order valence-electron chi connectivity index (χ3n) is 2.91. The number of fused-ring (bicyclic) bond motifs is 1. The zero-order valence-electron chi connectivity index (χ0n) is 8.20. The van der Waals surface area contributed by atoms with E-state index in [-0.39, 0.29) is 0 Å². The summed E-state index contributed by atoms with van der Waals surface area (Å²) in [6.07, 6.45) is 0. The molecule has 1 aromatic carbocycles. The Bertz CT molecular complexity index is 506. The number of benzene rings is 1. The topological polar surface area (TPSA) is 24.9 Å². The number of nitrogens with one attached hydrogen (secondary N) is 1. The van der Waals surface area contributed by atoms with Gasteiger partial charge in [0.1, 0.15) is 5.15 Å². The molecule has 2 aromatic rings. The lowest BCUT2D eigenvalue weighted by Crippen LogP contribution is -2.40. The molecule has 1 fully saturated rings. The van der Waals surface area contributed by atoms with Gasteiger partial charge in [0, 0.05) is 24.4 Å². The number of hydrogen-bond donors (Lipinski definition) is 1. The molecule has 0 aliphatic carbocycles. The molecule has 15 heavy (non-hydrogen) atoms. The average Bonchev–Trinajstić information content (AvgIpc) is 2.14. The first kappa shape index (κ1) is 9.13. The fourth-order valence-corrected chi connectivity index (χ4v) is 2.19. The van der Waals surface area contributed by atoms with Gasteiger partial charge < -0.3 is 5.32 Å². The maximum Gasteiger partial charge on any atom is 0.129 e. The van der Waals surface area contributed by atoms with Crippen LogP contribution in [0.4, 0.5) is 0 Å². The van der Waals surface area contributed by atoms with E-state index < -0.39 is 0 Å². The maximum absolute atomic E-state index is 6.02. The number of rotatable bonds is 1. The maximum atomic E-state index is 6.02. The van der Waals surface area contributed by atoms with Gasteiger partial charge in [0.25, 0.3) is 0 Å². The third kappa shape index (κ3) is 1.50. The average molecular weight is 219 g/mol. The van der Waals surface area contributed by atoms with E-state index >= 15 is 0 Å². The molecule has 1 saturated heterocycles. The van der Waals surface area contributed by atoms with Crippen molar-refractivity contribution in [3.05, 3.63) is 41.2 Å².